The van der Waals surface area contributed by atoms with Crippen LogP contribution < -0.4 is 0 Å². The standard InChI is InChI=1S/C9H11F2NO3/c1-4-7(13)15-9(8(4,10)11)5(2)12-6(3)14-9/h4-5H,1-3H3. The van der Waals surface area contributed by atoms with E-state index < -0.39 is 29.6 Å². The maximum Gasteiger partial charge on any atom is 0.342 e. The summed E-state index contributed by atoms with van der Waals surface area (Å²) < 4.78 is 37.3. The number of carbonyl (C=O) groups is 1. The molecule has 0 aromatic carbocycles. The molecule has 15 heavy (non-hydrogen) atoms. The fraction of sp³-hybridized carbons (Fsp3) is 0.778. The van der Waals surface area contributed by atoms with Crippen molar-refractivity contribution in [3.8, 4) is 0 Å². The molecule has 1 spiro atoms. The molecular weight excluding hydrogens is 208 g/mol. The van der Waals surface area contributed by atoms with Crippen molar-refractivity contribution >= 4 is 11.9 Å². The number of esters is 1. The van der Waals surface area contributed by atoms with Crippen LogP contribution in [0.1, 0.15) is 20.8 Å². The number of hydrogen-bond acceptors (Lipinski definition) is 4. The molecule has 2 aliphatic heterocycles. The predicted octanol–water partition coefficient (Wildman–Crippen LogP) is 1.35. The van der Waals surface area contributed by atoms with Gasteiger partial charge in [-0.2, -0.15) is 8.78 Å². The molecule has 0 radical (unpaired) electrons. The Balaban J connectivity index is 2.43. The van der Waals surface area contributed by atoms with Gasteiger partial charge < -0.3 is 9.47 Å². The summed E-state index contributed by atoms with van der Waals surface area (Å²) in [5, 5.41) is 0. The van der Waals surface area contributed by atoms with Gasteiger partial charge in [0.1, 0.15) is 12.0 Å². The molecule has 1 saturated heterocycles. The number of rotatable bonds is 0. The third kappa shape index (κ3) is 1.04. The molecule has 3 atom stereocenters. The molecule has 0 N–H and O–H groups in total. The van der Waals surface area contributed by atoms with E-state index in [9.17, 15) is 13.6 Å². The number of carbonyl (C=O) groups excluding carboxylic acids is 1. The Kier molecular flexibility index (Phi) is 1.84. The van der Waals surface area contributed by atoms with Crippen LogP contribution in [0.25, 0.3) is 0 Å². The zero-order valence-corrected chi connectivity index (χ0v) is 8.58. The van der Waals surface area contributed by atoms with Gasteiger partial charge in [-0.05, 0) is 13.8 Å². The average Bonchev–Trinajstić information content (AvgIpc) is 2.47. The molecule has 2 aliphatic rings. The third-order valence-electron chi connectivity index (χ3n) is 2.84. The Morgan fingerprint density at radius 1 is 1.33 bits per heavy atom. The maximum absolute atomic E-state index is 13.8. The number of nitrogens with zero attached hydrogens (tertiary/aromatic N) is 1. The first-order valence-electron chi connectivity index (χ1n) is 4.65. The van der Waals surface area contributed by atoms with Gasteiger partial charge in [0, 0.05) is 6.92 Å². The van der Waals surface area contributed by atoms with Gasteiger partial charge in [0.15, 0.2) is 5.90 Å². The van der Waals surface area contributed by atoms with Crippen LogP contribution in [0.15, 0.2) is 4.99 Å². The maximum atomic E-state index is 13.8. The van der Waals surface area contributed by atoms with Gasteiger partial charge in [0.05, 0.1) is 0 Å². The molecule has 4 nitrogen and oxygen atoms in total. The molecule has 3 unspecified atom stereocenters. The van der Waals surface area contributed by atoms with Gasteiger partial charge >= 0.3 is 17.7 Å². The van der Waals surface area contributed by atoms with E-state index in [2.05, 4.69) is 4.99 Å². The molecule has 0 saturated carbocycles. The summed E-state index contributed by atoms with van der Waals surface area (Å²) in [7, 11) is 0. The zero-order chi connectivity index (χ0) is 11.4. The second kappa shape index (κ2) is 2.68. The average molecular weight is 219 g/mol. The van der Waals surface area contributed by atoms with E-state index in [1.807, 2.05) is 0 Å². The lowest BCUT2D eigenvalue weighted by Crippen LogP contribution is -2.53. The Labute approximate surface area is 85.3 Å². The topological polar surface area (TPSA) is 47.9 Å². The highest BCUT2D eigenvalue weighted by Crippen LogP contribution is 2.50. The number of ether oxygens (including phenoxy) is 2. The minimum atomic E-state index is -3.36. The smallest absolute Gasteiger partial charge is 0.342 e. The Hall–Kier alpha value is -1.20. The van der Waals surface area contributed by atoms with Crippen LogP contribution in [0.5, 0.6) is 0 Å². The number of alkyl halides is 2. The number of hydrogen-bond donors (Lipinski definition) is 0. The van der Waals surface area contributed by atoms with Gasteiger partial charge in [-0.15, -0.1) is 0 Å². The highest BCUT2D eigenvalue weighted by Gasteiger charge is 2.74. The first kappa shape index (κ1) is 10.3. The van der Waals surface area contributed by atoms with E-state index in [0.29, 0.717) is 0 Å². The largest absolute Gasteiger partial charge is 0.432 e. The summed E-state index contributed by atoms with van der Waals surface area (Å²) in [4.78, 5) is 15.0. The molecule has 0 amide bonds. The molecule has 6 heteroatoms. The summed E-state index contributed by atoms with van der Waals surface area (Å²) >= 11 is 0. The zero-order valence-electron chi connectivity index (χ0n) is 8.58. The van der Waals surface area contributed by atoms with E-state index in [1.165, 1.54) is 13.8 Å². The van der Waals surface area contributed by atoms with Crippen LogP contribution in [0.3, 0.4) is 0 Å². The van der Waals surface area contributed by atoms with Gasteiger partial charge in [-0.25, -0.2) is 4.99 Å². The molecule has 84 valence electrons. The van der Waals surface area contributed by atoms with Crippen molar-refractivity contribution in [2.45, 2.75) is 38.5 Å². The van der Waals surface area contributed by atoms with Crippen molar-refractivity contribution in [3.05, 3.63) is 0 Å². The fourth-order valence-electron chi connectivity index (χ4n) is 1.90. The van der Waals surface area contributed by atoms with Crippen LogP contribution in [0.4, 0.5) is 8.78 Å². The monoisotopic (exact) mass is 219 g/mol. The van der Waals surface area contributed by atoms with Gasteiger partial charge in [0.2, 0.25) is 0 Å². The molecule has 2 rings (SSSR count). The number of aliphatic imine (C=N–C) groups is 1. The van der Waals surface area contributed by atoms with Crippen molar-refractivity contribution in [1.29, 1.82) is 0 Å². The Morgan fingerprint density at radius 3 is 2.27 bits per heavy atom. The lowest BCUT2D eigenvalue weighted by atomic mass is 9.95. The molecule has 0 aromatic heterocycles. The molecule has 2 heterocycles. The minimum Gasteiger partial charge on any atom is -0.432 e. The summed E-state index contributed by atoms with van der Waals surface area (Å²) in [6.45, 7) is 4.02. The normalized spacial score (nSPS) is 42.7. The van der Waals surface area contributed by atoms with E-state index in [-0.39, 0.29) is 5.90 Å². The van der Waals surface area contributed by atoms with E-state index in [1.54, 1.807) is 0 Å². The van der Waals surface area contributed by atoms with Crippen LogP contribution >= 0.6 is 0 Å². The molecule has 0 aliphatic carbocycles. The molecular formula is C9H11F2NO3. The Morgan fingerprint density at radius 2 is 1.93 bits per heavy atom. The quantitative estimate of drug-likeness (QED) is 0.578. The number of halogens is 2. The van der Waals surface area contributed by atoms with Crippen LogP contribution in [0.2, 0.25) is 0 Å². The highest BCUT2D eigenvalue weighted by molar-refractivity contribution is 5.81. The summed E-state index contributed by atoms with van der Waals surface area (Å²) in [5.41, 5.74) is 0. The van der Waals surface area contributed by atoms with Crippen molar-refractivity contribution in [3.63, 3.8) is 0 Å². The van der Waals surface area contributed by atoms with Crippen LogP contribution in [-0.2, 0) is 14.3 Å². The lowest BCUT2D eigenvalue weighted by molar-refractivity contribution is -0.261. The van der Waals surface area contributed by atoms with E-state index in [0.717, 1.165) is 6.92 Å². The van der Waals surface area contributed by atoms with Gasteiger partial charge in [-0.1, -0.05) is 0 Å². The molecule has 0 bridgehead atoms. The van der Waals surface area contributed by atoms with Crippen molar-refractivity contribution in [1.82, 2.24) is 0 Å². The summed E-state index contributed by atoms with van der Waals surface area (Å²) in [6.07, 6.45) is 0. The molecule has 1 fully saturated rings. The van der Waals surface area contributed by atoms with Gasteiger partial charge in [-0.3, -0.25) is 4.79 Å². The summed E-state index contributed by atoms with van der Waals surface area (Å²) in [6, 6.07) is -0.888. The second-order valence-electron chi connectivity index (χ2n) is 3.86. The van der Waals surface area contributed by atoms with Crippen LogP contribution in [0, 0.1) is 5.92 Å². The van der Waals surface area contributed by atoms with Crippen LogP contribution in [-0.4, -0.2) is 29.6 Å². The van der Waals surface area contributed by atoms with Gasteiger partial charge in [0.25, 0.3) is 0 Å². The van der Waals surface area contributed by atoms with E-state index in [4.69, 9.17) is 9.47 Å². The second-order valence-corrected chi connectivity index (χ2v) is 3.86. The van der Waals surface area contributed by atoms with E-state index >= 15 is 0 Å². The highest BCUT2D eigenvalue weighted by atomic mass is 19.3. The SMILES string of the molecule is CC1=NC(C)C2(OC(=O)C(C)C2(F)F)O1. The third-order valence-corrected chi connectivity index (χ3v) is 2.84. The minimum absolute atomic E-state index is 0.115. The summed E-state index contributed by atoms with van der Waals surface area (Å²) in [5.74, 6) is -7.92. The predicted molar refractivity (Wildman–Crippen MR) is 46.6 cm³/mol. The van der Waals surface area contributed by atoms with Crippen molar-refractivity contribution < 1.29 is 23.0 Å². The molecule has 0 aromatic rings. The first-order valence-corrected chi connectivity index (χ1v) is 4.65. The van der Waals surface area contributed by atoms with Crippen molar-refractivity contribution in [2.24, 2.45) is 10.9 Å². The first-order chi connectivity index (χ1) is 6.81. The fourth-order valence-corrected chi connectivity index (χ4v) is 1.90. The van der Waals surface area contributed by atoms with Crippen molar-refractivity contribution in [2.75, 3.05) is 0 Å². The lowest BCUT2D eigenvalue weighted by Gasteiger charge is -2.30. The Bertz CT molecular complexity index is 355.